The van der Waals surface area contributed by atoms with E-state index < -0.39 is 0 Å². The van der Waals surface area contributed by atoms with E-state index in [0.29, 0.717) is 5.92 Å². The van der Waals surface area contributed by atoms with E-state index in [0.717, 1.165) is 6.42 Å². The SMILES string of the molecule is CCCCCC(CO)c1ccccc1.c1cscn1. The molecule has 0 fully saturated rings. The lowest BCUT2D eigenvalue weighted by Gasteiger charge is -2.13. The molecule has 3 heteroatoms. The topological polar surface area (TPSA) is 33.1 Å². The molecule has 1 aromatic carbocycles. The minimum Gasteiger partial charge on any atom is -0.396 e. The molecular weight excluding hydrogens is 254 g/mol. The van der Waals surface area contributed by atoms with Crippen molar-refractivity contribution >= 4 is 11.3 Å². The molecule has 2 nitrogen and oxygen atoms in total. The van der Waals surface area contributed by atoms with E-state index in [2.05, 4.69) is 24.0 Å². The van der Waals surface area contributed by atoms with Gasteiger partial charge in [0.05, 0.1) is 5.51 Å². The van der Waals surface area contributed by atoms with Crippen LogP contribution in [-0.4, -0.2) is 16.7 Å². The van der Waals surface area contributed by atoms with Crippen LogP contribution in [0.1, 0.15) is 44.1 Å². The molecule has 0 aliphatic rings. The van der Waals surface area contributed by atoms with Gasteiger partial charge in [-0.25, -0.2) is 0 Å². The average Bonchev–Trinajstić information content (AvgIpc) is 3.04. The molecule has 0 amide bonds. The minimum absolute atomic E-state index is 0.272. The number of benzene rings is 1. The van der Waals surface area contributed by atoms with Crippen LogP contribution < -0.4 is 0 Å². The van der Waals surface area contributed by atoms with Crippen LogP contribution in [0, 0.1) is 0 Å². The fourth-order valence-corrected chi connectivity index (χ4v) is 2.26. The fraction of sp³-hybridized carbons (Fsp3) is 0.438. The molecule has 1 aromatic heterocycles. The summed E-state index contributed by atoms with van der Waals surface area (Å²) in [7, 11) is 0. The van der Waals surface area contributed by atoms with Crippen molar-refractivity contribution < 1.29 is 5.11 Å². The molecule has 0 saturated heterocycles. The third-order valence-corrected chi connectivity index (χ3v) is 3.52. The van der Waals surface area contributed by atoms with Crippen molar-refractivity contribution in [1.82, 2.24) is 4.98 Å². The summed E-state index contributed by atoms with van der Waals surface area (Å²) in [6, 6.07) is 10.3. The Kier molecular flexibility index (Phi) is 8.94. The van der Waals surface area contributed by atoms with Gasteiger partial charge in [0.1, 0.15) is 0 Å². The zero-order valence-corrected chi connectivity index (χ0v) is 12.4. The number of hydrogen-bond donors (Lipinski definition) is 1. The van der Waals surface area contributed by atoms with Crippen LogP contribution in [0.5, 0.6) is 0 Å². The van der Waals surface area contributed by atoms with Crippen molar-refractivity contribution in [3.63, 3.8) is 0 Å². The maximum Gasteiger partial charge on any atom is 0.0791 e. The summed E-state index contributed by atoms with van der Waals surface area (Å²) in [4.78, 5) is 3.74. The molecular formula is C16H23NOS. The molecule has 0 radical (unpaired) electrons. The number of unbranched alkanes of at least 4 members (excludes halogenated alkanes) is 2. The van der Waals surface area contributed by atoms with Crippen molar-refractivity contribution in [2.45, 2.75) is 38.5 Å². The highest BCUT2D eigenvalue weighted by molar-refractivity contribution is 7.07. The minimum atomic E-state index is 0.272. The molecule has 2 rings (SSSR count). The van der Waals surface area contributed by atoms with Gasteiger partial charge in [0.25, 0.3) is 0 Å². The van der Waals surface area contributed by atoms with Crippen molar-refractivity contribution in [2.24, 2.45) is 0 Å². The molecule has 19 heavy (non-hydrogen) atoms. The molecule has 0 saturated carbocycles. The third-order valence-electron chi connectivity index (χ3n) is 2.99. The maximum atomic E-state index is 9.28. The van der Waals surface area contributed by atoms with Crippen LogP contribution in [0.25, 0.3) is 0 Å². The van der Waals surface area contributed by atoms with Gasteiger partial charge in [-0.15, -0.1) is 11.3 Å². The molecule has 0 bridgehead atoms. The molecule has 0 aliphatic carbocycles. The maximum absolute atomic E-state index is 9.28. The van der Waals surface area contributed by atoms with Crippen LogP contribution in [0.3, 0.4) is 0 Å². The molecule has 1 atom stereocenters. The Labute approximate surface area is 120 Å². The normalized spacial score (nSPS) is 11.5. The summed E-state index contributed by atoms with van der Waals surface area (Å²) in [6.45, 7) is 2.48. The van der Waals surface area contributed by atoms with E-state index in [1.54, 1.807) is 23.0 Å². The lowest BCUT2D eigenvalue weighted by molar-refractivity contribution is 0.256. The van der Waals surface area contributed by atoms with Gasteiger partial charge in [-0.2, -0.15) is 0 Å². The lowest BCUT2D eigenvalue weighted by atomic mass is 9.94. The summed E-state index contributed by atoms with van der Waals surface area (Å²) < 4.78 is 0. The Morgan fingerprint density at radius 1 is 1.21 bits per heavy atom. The average molecular weight is 277 g/mol. The predicted octanol–water partition coefficient (Wildman–Crippen LogP) is 4.49. The highest BCUT2D eigenvalue weighted by Crippen LogP contribution is 2.21. The molecule has 0 aliphatic heterocycles. The first-order valence-electron chi connectivity index (χ1n) is 6.86. The van der Waals surface area contributed by atoms with Gasteiger partial charge in [-0.1, -0.05) is 56.5 Å². The Morgan fingerprint density at radius 2 is 2.00 bits per heavy atom. The largest absolute Gasteiger partial charge is 0.396 e. The number of rotatable bonds is 6. The number of aromatic nitrogens is 1. The monoisotopic (exact) mass is 277 g/mol. The zero-order valence-electron chi connectivity index (χ0n) is 11.5. The van der Waals surface area contributed by atoms with Gasteiger partial charge in [-0.05, 0) is 12.0 Å². The Balaban J connectivity index is 0.000000300. The summed E-state index contributed by atoms with van der Waals surface area (Å²) in [5.41, 5.74) is 3.06. The van der Waals surface area contributed by atoms with Crippen molar-refractivity contribution in [2.75, 3.05) is 6.61 Å². The number of aliphatic hydroxyl groups excluding tert-OH is 1. The fourth-order valence-electron chi connectivity index (χ4n) is 1.90. The van der Waals surface area contributed by atoms with Crippen LogP contribution in [0.15, 0.2) is 47.4 Å². The van der Waals surface area contributed by atoms with Crippen molar-refractivity contribution in [3.05, 3.63) is 53.0 Å². The number of nitrogens with zero attached hydrogens (tertiary/aromatic N) is 1. The van der Waals surface area contributed by atoms with E-state index in [9.17, 15) is 5.11 Å². The standard InChI is InChI=1S/C13H20O.C3H3NS/c1-2-3-5-10-13(11-14)12-8-6-4-7-9-12;1-2-5-3-4-1/h4,6-9,13-14H,2-3,5,10-11H2,1H3;1-3H. The van der Waals surface area contributed by atoms with Gasteiger partial charge in [0.15, 0.2) is 0 Å². The van der Waals surface area contributed by atoms with E-state index in [1.807, 2.05) is 23.6 Å². The third kappa shape index (κ3) is 7.09. The van der Waals surface area contributed by atoms with Crippen molar-refractivity contribution in [1.29, 1.82) is 0 Å². The van der Waals surface area contributed by atoms with Crippen LogP contribution in [0.2, 0.25) is 0 Å². The van der Waals surface area contributed by atoms with Gasteiger partial charge < -0.3 is 5.11 Å². The predicted molar refractivity (Wildman–Crippen MR) is 82.5 cm³/mol. The first-order valence-corrected chi connectivity index (χ1v) is 7.80. The zero-order chi connectivity index (χ0) is 13.8. The van der Waals surface area contributed by atoms with Gasteiger partial charge >= 0.3 is 0 Å². The molecule has 1 unspecified atom stereocenters. The van der Waals surface area contributed by atoms with Crippen LogP contribution in [-0.2, 0) is 0 Å². The van der Waals surface area contributed by atoms with Gasteiger partial charge in [0, 0.05) is 24.1 Å². The van der Waals surface area contributed by atoms with E-state index >= 15 is 0 Å². The Hall–Kier alpha value is -1.19. The second kappa shape index (κ2) is 10.7. The molecule has 2 aromatic rings. The van der Waals surface area contributed by atoms with Crippen LogP contribution in [0.4, 0.5) is 0 Å². The Bertz CT molecular complexity index is 371. The van der Waals surface area contributed by atoms with Gasteiger partial charge in [-0.3, -0.25) is 4.98 Å². The summed E-state index contributed by atoms with van der Waals surface area (Å²) in [6.07, 6.45) is 6.60. The van der Waals surface area contributed by atoms with E-state index in [1.165, 1.54) is 24.8 Å². The number of aliphatic hydroxyl groups is 1. The Morgan fingerprint density at radius 3 is 2.47 bits per heavy atom. The summed E-state index contributed by atoms with van der Waals surface area (Å²) in [5, 5.41) is 11.2. The highest BCUT2D eigenvalue weighted by Gasteiger charge is 2.08. The van der Waals surface area contributed by atoms with Crippen LogP contribution >= 0.6 is 11.3 Å². The van der Waals surface area contributed by atoms with Crippen molar-refractivity contribution in [3.8, 4) is 0 Å². The molecule has 0 spiro atoms. The highest BCUT2D eigenvalue weighted by atomic mass is 32.1. The van der Waals surface area contributed by atoms with E-state index in [-0.39, 0.29) is 6.61 Å². The summed E-state index contributed by atoms with van der Waals surface area (Å²) in [5.74, 6) is 0.336. The first kappa shape index (κ1) is 15.9. The molecule has 1 heterocycles. The number of thiazole rings is 1. The summed E-state index contributed by atoms with van der Waals surface area (Å²) >= 11 is 1.60. The second-order valence-corrected chi connectivity index (χ2v) is 5.22. The first-order chi connectivity index (χ1) is 9.38. The lowest BCUT2D eigenvalue weighted by Crippen LogP contribution is -2.03. The smallest absolute Gasteiger partial charge is 0.0791 e. The quantitative estimate of drug-likeness (QED) is 0.789. The van der Waals surface area contributed by atoms with E-state index in [4.69, 9.17) is 0 Å². The molecule has 1 N–H and O–H groups in total. The number of hydrogen-bond acceptors (Lipinski definition) is 3. The second-order valence-electron chi connectivity index (χ2n) is 4.46. The van der Waals surface area contributed by atoms with Gasteiger partial charge in [0.2, 0.25) is 0 Å². The molecule has 104 valence electrons.